The summed E-state index contributed by atoms with van der Waals surface area (Å²) in [7, 11) is 1.73. The summed E-state index contributed by atoms with van der Waals surface area (Å²) in [6, 6.07) is 5.07. The lowest BCUT2D eigenvalue weighted by atomic mass is 10.1. The summed E-state index contributed by atoms with van der Waals surface area (Å²) >= 11 is 11.9. The average molecular weight is 340 g/mol. The lowest BCUT2D eigenvalue weighted by Crippen LogP contribution is -2.15. The number of carbonyl (C=O) groups excluding carboxylic acids is 2. The van der Waals surface area contributed by atoms with Crippen LogP contribution in [0.5, 0.6) is 0 Å². The molecule has 0 unspecified atom stereocenters. The molecule has 0 atom stereocenters. The number of esters is 1. The predicted octanol–water partition coefficient (Wildman–Crippen LogP) is 3.69. The summed E-state index contributed by atoms with van der Waals surface area (Å²) in [5.74, 6) is -0.959. The van der Waals surface area contributed by atoms with E-state index >= 15 is 0 Å². The van der Waals surface area contributed by atoms with Crippen molar-refractivity contribution in [2.45, 2.75) is 13.8 Å². The van der Waals surface area contributed by atoms with E-state index in [1.807, 2.05) is 0 Å². The topological polar surface area (TPSA) is 46.6 Å². The van der Waals surface area contributed by atoms with Gasteiger partial charge in [-0.2, -0.15) is 0 Å². The van der Waals surface area contributed by atoms with Gasteiger partial charge in [0.25, 0.3) is 0 Å². The van der Waals surface area contributed by atoms with Crippen LogP contribution in [0.1, 0.15) is 19.4 Å². The zero-order valence-electron chi connectivity index (χ0n) is 12.4. The summed E-state index contributed by atoms with van der Waals surface area (Å²) in [4.78, 5) is 26.1. The van der Waals surface area contributed by atoms with E-state index in [9.17, 15) is 9.59 Å². The van der Waals surface area contributed by atoms with Gasteiger partial charge in [0.05, 0.1) is 22.3 Å². The molecule has 0 spiro atoms. The fraction of sp³-hybridized carbons (Fsp3) is 0.250. The molecule has 6 heteroatoms. The number of hydrogen-bond donors (Lipinski definition) is 0. The van der Waals surface area contributed by atoms with E-state index in [2.05, 4.69) is 0 Å². The number of rotatable bonds is 3. The minimum absolute atomic E-state index is 0.0654. The highest BCUT2D eigenvalue weighted by molar-refractivity contribution is 6.42. The average Bonchev–Trinajstić information content (AvgIpc) is 2.67. The molecule has 1 aromatic rings. The van der Waals surface area contributed by atoms with E-state index in [-0.39, 0.29) is 18.0 Å². The molecule has 0 bridgehead atoms. The van der Waals surface area contributed by atoms with Crippen LogP contribution < -0.4 is 0 Å². The molecule has 2 rings (SSSR count). The number of ether oxygens (including phenoxy) is 1. The number of allylic oxidation sites excluding steroid dienone is 2. The molecule has 0 saturated heterocycles. The summed E-state index contributed by atoms with van der Waals surface area (Å²) < 4.78 is 4.94. The Hall–Kier alpha value is -1.78. The van der Waals surface area contributed by atoms with Crippen molar-refractivity contribution in [3.8, 4) is 0 Å². The highest BCUT2D eigenvalue weighted by atomic mass is 35.5. The van der Waals surface area contributed by atoms with E-state index < -0.39 is 5.97 Å². The second-order valence-electron chi connectivity index (χ2n) is 4.77. The van der Waals surface area contributed by atoms with Crippen molar-refractivity contribution < 1.29 is 14.3 Å². The van der Waals surface area contributed by atoms with Crippen LogP contribution in [0.3, 0.4) is 0 Å². The number of carbonyl (C=O) groups is 2. The first-order chi connectivity index (χ1) is 10.4. The summed E-state index contributed by atoms with van der Waals surface area (Å²) in [5.41, 5.74) is 1.74. The van der Waals surface area contributed by atoms with Gasteiger partial charge in [0.15, 0.2) is 0 Å². The Morgan fingerprint density at radius 1 is 1.32 bits per heavy atom. The van der Waals surface area contributed by atoms with E-state index in [0.717, 1.165) is 5.56 Å². The maximum Gasteiger partial charge on any atom is 0.343 e. The minimum Gasteiger partial charge on any atom is -0.462 e. The van der Waals surface area contributed by atoms with Crippen molar-refractivity contribution in [1.29, 1.82) is 0 Å². The molecule has 1 aliphatic rings. The Labute approximate surface area is 138 Å². The van der Waals surface area contributed by atoms with Crippen LogP contribution >= 0.6 is 23.2 Å². The van der Waals surface area contributed by atoms with Gasteiger partial charge in [-0.25, -0.2) is 4.79 Å². The number of likely N-dealkylation sites (N-methyl/N-ethyl adjacent to an activating group) is 1. The largest absolute Gasteiger partial charge is 0.462 e. The Morgan fingerprint density at radius 2 is 2.00 bits per heavy atom. The molecule has 0 saturated carbocycles. The zero-order valence-corrected chi connectivity index (χ0v) is 14.0. The fourth-order valence-corrected chi connectivity index (χ4v) is 2.47. The number of halogens is 2. The molecule has 0 fully saturated rings. The van der Waals surface area contributed by atoms with Gasteiger partial charge in [-0.1, -0.05) is 29.3 Å². The summed E-state index contributed by atoms with van der Waals surface area (Å²) in [6.07, 6.45) is 1.67. The van der Waals surface area contributed by atoms with Crippen LogP contribution in [0.4, 0.5) is 0 Å². The van der Waals surface area contributed by atoms with Gasteiger partial charge in [0, 0.05) is 12.7 Å². The van der Waals surface area contributed by atoms with E-state index in [4.69, 9.17) is 27.9 Å². The molecular formula is C16H15Cl2NO3. The molecule has 116 valence electrons. The Morgan fingerprint density at radius 3 is 2.59 bits per heavy atom. The van der Waals surface area contributed by atoms with Crippen molar-refractivity contribution in [3.63, 3.8) is 0 Å². The number of Topliss-reactive ketones (excluding diaryl/α,β-unsaturated/α-hetero) is 1. The maximum atomic E-state index is 12.5. The Balaban J connectivity index is 2.38. The first-order valence-electron chi connectivity index (χ1n) is 6.70. The van der Waals surface area contributed by atoms with Crippen LogP contribution in [0.25, 0.3) is 6.08 Å². The smallest absolute Gasteiger partial charge is 0.343 e. The third-order valence-electron chi connectivity index (χ3n) is 3.41. The second kappa shape index (κ2) is 6.55. The molecule has 0 N–H and O–H groups in total. The molecule has 0 aromatic heterocycles. The molecule has 22 heavy (non-hydrogen) atoms. The van der Waals surface area contributed by atoms with Crippen molar-refractivity contribution in [3.05, 3.63) is 50.8 Å². The molecule has 1 heterocycles. The first kappa shape index (κ1) is 16.6. The van der Waals surface area contributed by atoms with Crippen LogP contribution in [-0.2, 0) is 14.3 Å². The van der Waals surface area contributed by atoms with Crippen molar-refractivity contribution in [1.82, 2.24) is 4.90 Å². The normalized spacial score (nSPS) is 16.7. The highest BCUT2D eigenvalue weighted by Gasteiger charge is 2.35. The molecular weight excluding hydrogens is 325 g/mol. The fourth-order valence-electron chi connectivity index (χ4n) is 2.16. The summed E-state index contributed by atoms with van der Waals surface area (Å²) in [5, 5.41) is 0.843. The van der Waals surface area contributed by atoms with Gasteiger partial charge in [-0.05, 0) is 37.6 Å². The Bertz CT molecular complexity index is 707. The third kappa shape index (κ3) is 3.03. The number of hydrogen-bond acceptors (Lipinski definition) is 4. The first-order valence-corrected chi connectivity index (χ1v) is 7.45. The Kier molecular flexibility index (Phi) is 4.94. The van der Waals surface area contributed by atoms with Gasteiger partial charge >= 0.3 is 5.97 Å². The molecule has 4 nitrogen and oxygen atoms in total. The summed E-state index contributed by atoms with van der Waals surface area (Å²) in [6.45, 7) is 3.63. The molecule has 0 radical (unpaired) electrons. The van der Waals surface area contributed by atoms with Gasteiger partial charge in [0.2, 0.25) is 5.78 Å². The van der Waals surface area contributed by atoms with Gasteiger partial charge in [0.1, 0.15) is 5.57 Å². The monoisotopic (exact) mass is 339 g/mol. The van der Waals surface area contributed by atoms with Crippen molar-refractivity contribution in [2.75, 3.05) is 13.7 Å². The predicted molar refractivity (Wildman–Crippen MR) is 86.5 cm³/mol. The molecule has 0 amide bonds. The number of nitrogens with zero attached hydrogens (tertiary/aromatic N) is 1. The van der Waals surface area contributed by atoms with Crippen molar-refractivity contribution >= 4 is 41.0 Å². The van der Waals surface area contributed by atoms with Crippen LogP contribution in [0.2, 0.25) is 10.0 Å². The van der Waals surface area contributed by atoms with Gasteiger partial charge in [-0.3, -0.25) is 4.79 Å². The number of ketones is 1. The highest BCUT2D eigenvalue weighted by Crippen LogP contribution is 2.30. The zero-order chi connectivity index (χ0) is 16.4. The second-order valence-corrected chi connectivity index (χ2v) is 5.59. The minimum atomic E-state index is -0.602. The SMILES string of the molecule is CCOC(=O)C1=C(C)N(C)/C(=C/c2ccc(Cl)c(Cl)c2)C1=O. The number of benzene rings is 1. The lowest BCUT2D eigenvalue weighted by Gasteiger charge is -2.14. The molecule has 0 aliphatic carbocycles. The molecule has 1 aliphatic heterocycles. The van der Waals surface area contributed by atoms with E-state index in [1.54, 1.807) is 50.1 Å². The van der Waals surface area contributed by atoms with Crippen LogP contribution in [0.15, 0.2) is 35.2 Å². The van der Waals surface area contributed by atoms with Crippen molar-refractivity contribution in [2.24, 2.45) is 0 Å². The maximum absolute atomic E-state index is 12.5. The standard InChI is InChI=1S/C16H15Cl2NO3/c1-4-22-16(21)14-9(2)19(3)13(15(14)20)8-10-5-6-11(17)12(18)7-10/h5-8H,4H2,1-3H3/b13-8+. The third-order valence-corrected chi connectivity index (χ3v) is 4.15. The van der Waals surface area contributed by atoms with E-state index in [0.29, 0.717) is 21.4 Å². The van der Waals surface area contributed by atoms with Gasteiger partial charge in [-0.15, -0.1) is 0 Å². The molecule has 1 aromatic carbocycles. The quantitative estimate of drug-likeness (QED) is 0.478. The lowest BCUT2D eigenvalue weighted by molar-refractivity contribution is -0.139. The van der Waals surface area contributed by atoms with Gasteiger partial charge < -0.3 is 9.64 Å². The van der Waals surface area contributed by atoms with Crippen LogP contribution in [0, 0.1) is 0 Å². The van der Waals surface area contributed by atoms with E-state index in [1.165, 1.54) is 0 Å². The van der Waals surface area contributed by atoms with Crippen LogP contribution in [-0.4, -0.2) is 30.3 Å².